The molecule has 0 saturated carbocycles. The zero-order valence-corrected chi connectivity index (χ0v) is 23.3. The minimum Gasteiger partial charge on any atom is -0.354 e. The average Bonchev–Trinajstić information content (AvgIpc) is 2.76. The van der Waals surface area contributed by atoms with Crippen LogP contribution in [-0.2, 0) is 26.2 Å². The van der Waals surface area contributed by atoms with E-state index in [0.717, 1.165) is 20.6 Å². The molecule has 2 aromatic rings. The van der Waals surface area contributed by atoms with Crippen molar-refractivity contribution in [2.24, 2.45) is 5.92 Å². The molecule has 0 aliphatic heterocycles. The van der Waals surface area contributed by atoms with E-state index in [1.807, 2.05) is 38.1 Å². The second-order valence-electron chi connectivity index (χ2n) is 8.31. The van der Waals surface area contributed by atoms with E-state index in [1.54, 1.807) is 13.0 Å². The van der Waals surface area contributed by atoms with E-state index in [2.05, 4.69) is 21.2 Å². The fourth-order valence-corrected chi connectivity index (χ4v) is 4.67. The van der Waals surface area contributed by atoms with Gasteiger partial charge in [0.15, 0.2) is 0 Å². The van der Waals surface area contributed by atoms with Gasteiger partial charge < -0.3 is 10.2 Å². The summed E-state index contributed by atoms with van der Waals surface area (Å²) < 4.78 is 27.0. The van der Waals surface area contributed by atoms with Gasteiger partial charge in [-0.2, -0.15) is 0 Å². The quantitative estimate of drug-likeness (QED) is 0.433. The van der Waals surface area contributed by atoms with Crippen LogP contribution in [0.3, 0.4) is 0 Å². The van der Waals surface area contributed by atoms with E-state index < -0.39 is 28.5 Å². The minimum atomic E-state index is -3.90. The van der Waals surface area contributed by atoms with E-state index in [4.69, 9.17) is 23.2 Å². The molecule has 0 fully saturated rings. The van der Waals surface area contributed by atoms with E-state index in [9.17, 15) is 18.0 Å². The lowest BCUT2D eigenvalue weighted by Crippen LogP contribution is -2.51. The first-order valence-electron chi connectivity index (χ1n) is 10.5. The lowest BCUT2D eigenvalue weighted by molar-refractivity contribution is -0.139. The molecule has 2 rings (SSSR count). The van der Waals surface area contributed by atoms with Crippen LogP contribution < -0.4 is 9.62 Å². The number of rotatable bonds is 10. The molecule has 0 saturated heterocycles. The number of sulfonamides is 1. The first-order chi connectivity index (χ1) is 15.8. The van der Waals surface area contributed by atoms with E-state index in [0.29, 0.717) is 6.54 Å². The number of halogens is 3. The molecule has 0 bridgehead atoms. The number of benzene rings is 2. The first-order valence-corrected chi connectivity index (χ1v) is 13.9. The zero-order valence-electron chi connectivity index (χ0n) is 19.4. The highest BCUT2D eigenvalue weighted by Crippen LogP contribution is 2.33. The summed E-state index contributed by atoms with van der Waals surface area (Å²) in [4.78, 5) is 27.6. The van der Waals surface area contributed by atoms with Crippen LogP contribution in [0.15, 0.2) is 46.9 Å². The third-order valence-electron chi connectivity index (χ3n) is 5.00. The summed E-state index contributed by atoms with van der Waals surface area (Å²) in [5.41, 5.74) is 0.872. The number of carbonyl (C=O) groups excluding carboxylic acids is 2. The Bertz CT molecular complexity index is 1130. The van der Waals surface area contributed by atoms with Crippen LogP contribution in [0, 0.1) is 5.92 Å². The second-order valence-corrected chi connectivity index (χ2v) is 11.9. The van der Waals surface area contributed by atoms with Gasteiger partial charge in [-0.1, -0.05) is 71.2 Å². The largest absolute Gasteiger partial charge is 0.354 e. The predicted octanol–water partition coefficient (Wildman–Crippen LogP) is 4.71. The molecule has 34 heavy (non-hydrogen) atoms. The number of nitrogens with one attached hydrogen (secondary N) is 1. The van der Waals surface area contributed by atoms with Crippen molar-refractivity contribution in [1.82, 2.24) is 10.2 Å². The van der Waals surface area contributed by atoms with Crippen LogP contribution in [0.25, 0.3) is 0 Å². The molecule has 1 N–H and O–H groups in total. The number of anilines is 1. The van der Waals surface area contributed by atoms with Crippen molar-refractivity contribution in [1.29, 1.82) is 0 Å². The summed E-state index contributed by atoms with van der Waals surface area (Å²) in [5, 5.41) is 3.01. The summed E-state index contributed by atoms with van der Waals surface area (Å²) in [6, 6.07) is 11.0. The van der Waals surface area contributed by atoms with Crippen molar-refractivity contribution in [3.63, 3.8) is 0 Å². The summed E-state index contributed by atoms with van der Waals surface area (Å²) in [6.07, 6.45) is 0.981. The number of amides is 2. The normalized spacial score (nSPS) is 12.4. The summed E-state index contributed by atoms with van der Waals surface area (Å²) in [7, 11) is -3.90. The first kappa shape index (κ1) is 28.4. The minimum absolute atomic E-state index is 0.0181. The fourth-order valence-electron chi connectivity index (χ4n) is 3.10. The Morgan fingerprint density at radius 2 is 1.68 bits per heavy atom. The second kappa shape index (κ2) is 12.2. The Kier molecular flexibility index (Phi) is 10.2. The van der Waals surface area contributed by atoms with Crippen molar-refractivity contribution in [2.45, 2.75) is 33.4 Å². The van der Waals surface area contributed by atoms with Crippen molar-refractivity contribution in [3.05, 3.63) is 62.5 Å². The maximum absolute atomic E-state index is 13.5. The van der Waals surface area contributed by atoms with Gasteiger partial charge in [-0.3, -0.25) is 13.9 Å². The molecule has 2 aromatic carbocycles. The molecule has 2 amide bonds. The molecule has 0 spiro atoms. The van der Waals surface area contributed by atoms with Gasteiger partial charge in [0.05, 0.1) is 22.0 Å². The van der Waals surface area contributed by atoms with Crippen molar-refractivity contribution in [3.8, 4) is 0 Å². The molecule has 1 atom stereocenters. The van der Waals surface area contributed by atoms with Crippen LogP contribution in [0.2, 0.25) is 10.0 Å². The molecule has 0 aliphatic carbocycles. The lowest BCUT2D eigenvalue weighted by atomic mass is 10.1. The smallest absolute Gasteiger partial charge is 0.244 e. The molecule has 0 heterocycles. The Hall–Kier alpha value is -1.81. The van der Waals surface area contributed by atoms with Crippen molar-refractivity contribution in [2.75, 3.05) is 23.7 Å². The molecular weight excluding hydrogens is 565 g/mol. The maximum Gasteiger partial charge on any atom is 0.244 e. The standard InChI is InChI=1S/C23H28BrCl2N3O4S/c1-15(2)12-27-23(31)16(3)28(13-17-8-10-18(24)11-9-17)21(30)14-29(34(4,32)33)20-7-5-6-19(25)22(20)26/h5-11,15-16H,12-14H2,1-4H3,(H,27,31)/t16-/m1/s1. The highest BCUT2D eigenvalue weighted by Gasteiger charge is 2.31. The Morgan fingerprint density at radius 3 is 2.24 bits per heavy atom. The van der Waals surface area contributed by atoms with Gasteiger partial charge in [0, 0.05) is 17.6 Å². The molecule has 0 radical (unpaired) electrons. The molecule has 0 aliphatic rings. The zero-order chi connectivity index (χ0) is 25.6. The number of nitrogens with zero attached hydrogens (tertiary/aromatic N) is 2. The van der Waals surface area contributed by atoms with E-state index in [1.165, 1.54) is 17.0 Å². The van der Waals surface area contributed by atoms with Gasteiger partial charge in [0.25, 0.3) is 0 Å². The lowest BCUT2D eigenvalue weighted by Gasteiger charge is -2.32. The number of hydrogen-bond acceptors (Lipinski definition) is 4. The predicted molar refractivity (Wildman–Crippen MR) is 141 cm³/mol. The SMILES string of the molecule is CC(C)CNC(=O)[C@@H](C)N(Cc1ccc(Br)cc1)C(=O)CN(c1cccc(Cl)c1Cl)S(C)(=O)=O. The fraction of sp³-hybridized carbons (Fsp3) is 0.391. The summed E-state index contributed by atoms with van der Waals surface area (Å²) in [5.74, 6) is -0.653. The third kappa shape index (κ3) is 7.86. The van der Waals surface area contributed by atoms with Crippen LogP contribution in [0.1, 0.15) is 26.3 Å². The number of hydrogen-bond donors (Lipinski definition) is 1. The van der Waals surface area contributed by atoms with Crippen LogP contribution in [0.5, 0.6) is 0 Å². The maximum atomic E-state index is 13.5. The monoisotopic (exact) mass is 591 g/mol. The van der Waals surface area contributed by atoms with Gasteiger partial charge in [-0.25, -0.2) is 8.42 Å². The molecular formula is C23H28BrCl2N3O4S. The molecule has 186 valence electrons. The molecule has 11 heteroatoms. The summed E-state index contributed by atoms with van der Waals surface area (Å²) in [6.45, 7) is 5.57. The van der Waals surface area contributed by atoms with Crippen molar-refractivity contribution < 1.29 is 18.0 Å². The van der Waals surface area contributed by atoms with Gasteiger partial charge in [-0.15, -0.1) is 0 Å². The van der Waals surface area contributed by atoms with Crippen molar-refractivity contribution >= 4 is 66.7 Å². The number of carbonyl (C=O) groups is 2. The average molecular weight is 593 g/mol. The molecule has 0 unspecified atom stereocenters. The van der Waals surface area contributed by atoms with Gasteiger partial charge in [-0.05, 0) is 42.7 Å². The Balaban J connectivity index is 2.40. The third-order valence-corrected chi connectivity index (χ3v) is 7.46. The van der Waals surface area contributed by atoms with Gasteiger partial charge >= 0.3 is 0 Å². The molecule has 0 aromatic heterocycles. The molecule has 7 nitrogen and oxygen atoms in total. The van der Waals surface area contributed by atoms with E-state index >= 15 is 0 Å². The Labute approximate surface area is 219 Å². The topological polar surface area (TPSA) is 86.8 Å². The van der Waals surface area contributed by atoms with Crippen LogP contribution in [-0.4, -0.2) is 50.5 Å². The Morgan fingerprint density at radius 1 is 1.06 bits per heavy atom. The summed E-state index contributed by atoms with van der Waals surface area (Å²) >= 11 is 15.7. The van der Waals surface area contributed by atoms with Crippen LogP contribution >= 0.6 is 39.1 Å². The highest BCUT2D eigenvalue weighted by molar-refractivity contribution is 9.10. The van der Waals surface area contributed by atoms with Gasteiger partial charge in [0.2, 0.25) is 21.8 Å². The van der Waals surface area contributed by atoms with Crippen LogP contribution in [0.4, 0.5) is 5.69 Å². The van der Waals surface area contributed by atoms with Gasteiger partial charge in [0.1, 0.15) is 12.6 Å². The van der Waals surface area contributed by atoms with E-state index in [-0.39, 0.29) is 34.1 Å². The highest BCUT2D eigenvalue weighted by atomic mass is 79.9.